The molecule has 5 nitrogen and oxygen atoms in total. The predicted octanol–water partition coefficient (Wildman–Crippen LogP) is 6.37. The van der Waals surface area contributed by atoms with E-state index in [1.165, 1.54) is 0 Å². The number of carbonyl (C=O) groups is 2. The first-order valence-corrected chi connectivity index (χ1v) is 13.5. The zero-order chi connectivity index (χ0) is 27.5. The Morgan fingerprint density at radius 1 is 0.744 bits per heavy atom. The summed E-state index contributed by atoms with van der Waals surface area (Å²) in [7, 11) is 0. The number of hydrogen-bond acceptors (Lipinski definition) is 3. The maximum absolute atomic E-state index is 13.7. The molecule has 0 unspecified atom stereocenters. The highest BCUT2D eigenvalue weighted by Crippen LogP contribution is 2.24. The molecule has 4 rings (SSSR count). The van der Waals surface area contributed by atoms with Crippen LogP contribution in [0.5, 0.6) is 5.75 Å². The number of halogens is 2. The Labute approximate surface area is 239 Å². The number of nitrogens with one attached hydrogen (secondary N) is 1. The molecule has 4 aromatic rings. The van der Waals surface area contributed by atoms with Crippen LogP contribution >= 0.6 is 23.2 Å². The molecule has 0 bridgehead atoms. The van der Waals surface area contributed by atoms with Gasteiger partial charge in [0.15, 0.2) is 6.61 Å². The maximum Gasteiger partial charge on any atom is 0.261 e. The summed E-state index contributed by atoms with van der Waals surface area (Å²) in [4.78, 5) is 28.9. The predicted molar refractivity (Wildman–Crippen MR) is 156 cm³/mol. The lowest BCUT2D eigenvalue weighted by atomic mass is 10.0. The molecule has 0 radical (unpaired) electrons. The zero-order valence-corrected chi connectivity index (χ0v) is 22.9. The van der Waals surface area contributed by atoms with Gasteiger partial charge < -0.3 is 15.0 Å². The van der Waals surface area contributed by atoms with Crippen LogP contribution in [0, 0.1) is 0 Å². The lowest BCUT2D eigenvalue weighted by Gasteiger charge is -2.31. The molecule has 0 fully saturated rings. The lowest BCUT2D eigenvalue weighted by Crippen LogP contribution is -2.52. The van der Waals surface area contributed by atoms with Gasteiger partial charge >= 0.3 is 0 Å². The standard InChI is InChI=1S/C32H30Cl2N2O3/c33-27-17-15-26(16-18-27)22-36(31(37)23-39-30-14-8-7-13-28(30)34)29(21-25-11-5-2-6-12-25)32(38)35-20-19-24-9-3-1-4-10-24/h1-18,29H,19-23H2,(H,35,38)/t29-/m0/s1. The summed E-state index contributed by atoms with van der Waals surface area (Å²) in [6.07, 6.45) is 1.04. The minimum Gasteiger partial charge on any atom is -0.482 e. The number of amides is 2. The van der Waals surface area contributed by atoms with Gasteiger partial charge in [-0.25, -0.2) is 0 Å². The molecule has 0 heterocycles. The maximum atomic E-state index is 13.7. The number of benzene rings is 4. The highest BCUT2D eigenvalue weighted by atomic mass is 35.5. The molecule has 0 aliphatic rings. The van der Waals surface area contributed by atoms with Crippen LogP contribution in [0.2, 0.25) is 10.0 Å². The first-order valence-electron chi connectivity index (χ1n) is 12.8. The quantitative estimate of drug-likeness (QED) is 0.219. The lowest BCUT2D eigenvalue weighted by molar-refractivity contribution is -0.142. The van der Waals surface area contributed by atoms with Crippen molar-refractivity contribution in [2.24, 2.45) is 0 Å². The van der Waals surface area contributed by atoms with Gasteiger partial charge in [-0.05, 0) is 47.4 Å². The van der Waals surface area contributed by atoms with Gasteiger partial charge in [-0.1, -0.05) is 108 Å². The normalized spacial score (nSPS) is 11.4. The summed E-state index contributed by atoms with van der Waals surface area (Å²) in [5, 5.41) is 4.06. The van der Waals surface area contributed by atoms with Crippen LogP contribution in [-0.2, 0) is 29.0 Å². The van der Waals surface area contributed by atoms with Gasteiger partial charge in [-0.15, -0.1) is 0 Å². The molecule has 39 heavy (non-hydrogen) atoms. The summed E-state index contributed by atoms with van der Waals surface area (Å²) < 4.78 is 5.78. The SMILES string of the molecule is O=C(NCCc1ccccc1)[C@H](Cc1ccccc1)N(Cc1ccc(Cl)cc1)C(=O)COc1ccccc1Cl. The van der Waals surface area contributed by atoms with E-state index in [0.29, 0.717) is 35.2 Å². The molecule has 0 aliphatic carbocycles. The van der Waals surface area contributed by atoms with Gasteiger partial charge in [0, 0.05) is 24.5 Å². The first kappa shape index (κ1) is 28.2. The monoisotopic (exact) mass is 560 g/mol. The van der Waals surface area contributed by atoms with Crippen molar-refractivity contribution in [1.82, 2.24) is 10.2 Å². The third kappa shape index (κ3) is 8.60. The van der Waals surface area contributed by atoms with E-state index in [9.17, 15) is 9.59 Å². The summed E-state index contributed by atoms with van der Waals surface area (Å²) in [5.74, 6) is -0.148. The van der Waals surface area contributed by atoms with Crippen molar-refractivity contribution in [3.8, 4) is 5.75 Å². The molecule has 0 aromatic heterocycles. The molecule has 0 aliphatic heterocycles. The number of carbonyl (C=O) groups excluding carboxylic acids is 2. The van der Waals surface area contributed by atoms with Crippen LogP contribution in [0.15, 0.2) is 109 Å². The number of para-hydroxylation sites is 1. The van der Waals surface area contributed by atoms with Crippen LogP contribution < -0.4 is 10.1 Å². The third-order valence-corrected chi connectivity index (χ3v) is 6.85. The van der Waals surface area contributed by atoms with Gasteiger partial charge in [0.2, 0.25) is 5.91 Å². The van der Waals surface area contributed by atoms with E-state index in [0.717, 1.165) is 16.7 Å². The van der Waals surface area contributed by atoms with E-state index in [4.69, 9.17) is 27.9 Å². The summed E-state index contributed by atoms with van der Waals surface area (Å²) in [5.41, 5.74) is 2.92. The van der Waals surface area contributed by atoms with Gasteiger partial charge in [-0.3, -0.25) is 9.59 Å². The largest absolute Gasteiger partial charge is 0.482 e. The van der Waals surface area contributed by atoms with E-state index in [1.807, 2.05) is 72.8 Å². The van der Waals surface area contributed by atoms with Crippen molar-refractivity contribution in [3.63, 3.8) is 0 Å². The van der Waals surface area contributed by atoms with Crippen molar-refractivity contribution in [2.45, 2.75) is 25.4 Å². The van der Waals surface area contributed by atoms with Crippen molar-refractivity contribution < 1.29 is 14.3 Å². The average Bonchev–Trinajstić information content (AvgIpc) is 2.96. The second kappa shape index (κ2) is 14.4. The molecule has 0 saturated carbocycles. The van der Waals surface area contributed by atoms with Crippen molar-refractivity contribution in [3.05, 3.63) is 136 Å². The molecular formula is C32H30Cl2N2O3. The van der Waals surface area contributed by atoms with Crippen LogP contribution in [-0.4, -0.2) is 35.9 Å². The van der Waals surface area contributed by atoms with Crippen molar-refractivity contribution in [1.29, 1.82) is 0 Å². The fourth-order valence-electron chi connectivity index (χ4n) is 4.22. The van der Waals surface area contributed by atoms with Crippen molar-refractivity contribution >= 4 is 35.0 Å². The van der Waals surface area contributed by atoms with Gasteiger partial charge in [0.1, 0.15) is 11.8 Å². The summed E-state index contributed by atoms with van der Waals surface area (Å²) in [6, 6.07) is 33.1. The Morgan fingerprint density at radius 3 is 2.03 bits per heavy atom. The van der Waals surface area contributed by atoms with E-state index in [2.05, 4.69) is 5.32 Å². The molecule has 7 heteroatoms. The van der Waals surface area contributed by atoms with Crippen LogP contribution in [0.3, 0.4) is 0 Å². The third-order valence-electron chi connectivity index (χ3n) is 6.28. The first-order chi connectivity index (χ1) is 19.0. The molecule has 1 N–H and O–H groups in total. The topological polar surface area (TPSA) is 58.6 Å². The highest BCUT2D eigenvalue weighted by molar-refractivity contribution is 6.32. The Morgan fingerprint density at radius 2 is 1.36 bits per heavy atom. The Hall–Kier alpha value is -3.80. The van der Waals surface area contributed by atoms with Gasteiger partial charge in [0.05, 0.1) is 5.02 Å². The Bertz CT molecular complexity index is 1350. The number of rotatable bonds is 12. The van der Waals surface area contributed by atoms with Crippen LogP contribution in [0.1, 0.15) is 16.7 Å². The van der Waals surface area contributed by atoms with E-state index < -0.39 is 6.04 Å². The minimum absolute atomic E-state index is 0.214. The van der Waals surface area contributed by atoms with E-state index in [1.54, 1.807) is 41.3 Å². The second-order valence-electron chi connectivity index (χ2n) is 9.10. The Kier molecular flexibility index (Phi) is 10.4. The molecule has 200 valence electrons. The fraction of sp³-hybridized carbons (Fsp3) is 0.188. The molecule has 2 amide bonds. The van der Waals surface area contributed by atoms with Crippen LogP contribution in [0.25, 0.3) is 0 Å². The number of nitrogens with zero attached hydrogens (tertiary/aromatic N) is 1. The molecule has 0 saturated heterocycles. The van der Waals surface area contributed by atoms with Gasteiger partial charge in [0.25, 0.3) is 5.91 Å². The smallest absolute Gasteiger partial charge is 0.261 e. The van der Waals surface area contributed by atoms with Crippen LogP contribution in [0.4, 0.5) is 0 Å². The van der Waals surface area contributed by atoms with E-state index >= 15 is 0 Å². The summed E-state index contributed by atoms with van der Waals surface area (Å²) in [6.45, 7) is 0.401. The molecule has 1 atom stereocenters. The number of ether oxygens (including phenoxy) is 1. The summed E-state index contributed by atoms with van der Waals surface area (Å²) >= 11 is 12.3. The Balaban J connectivity index is 1.57. The van der Waals surface area contributed by atoms with Gasteiger partial charge in [-0.2, -0.15) is 0 Å². The van der Waals surface area contributed by atoms with E-state index in [-0.39, 0.29) is 25.0 Å². The highest BCUT2D eigenvalue weighted by Gasteiger charge is 2.30. The molecular weight excluding hydrogens is 531 g/mol. The molecule has 0 spiro atoms. The second-order valence-corrected chi connectivity index (χ2v) is 9.94. The fourth-order valence-corrected chi connectivity index (χ4v) is 4.53. The molecule has 4 aromatic carbocycles. The van der Waals surface area contributed by atoms with Crippen molar-refractivity contribution in [2.75, 3.05) is 13.2 Å². The minimum atomic E-state index is -0.763. The zero-order valence-electron chi connectivity index (χ0n) is 21.4. The number of hydrogen-bond donors (Lipinski definition) is 1. The average molecular weight is 562 g/mol.